The Morgan fingerprint density at radius 2 is 0.909 bits per heavy atom. The van der Waals surface area contributed by atoms with Crippen LogP contribution in [0.3, 0.4) is 0 Å². The Bertz CT molecular complexity index is 452. The van der Waals surface area contributed by atoms with Crippen molar-refractivity contribution in [3.8, 4) is 0 Å². The average Bonchev–Trinajstić information content (AvgIpc) is 3.09. The van der Waals surface area contributed by atoms with Crippen LogP contribution in [0.1, 0.15) is 79.6 Å². The molecule has 0 fully saturated rings. The highest BCUT2D eigenvalue weighted by molar-refractivity contribution is 4.71. The molecular weight excluding hydrogens is 272 g/mol. The summed E-state index contributed by atoms with van der Waals surface area (Å²) in [4.78, 5) is 0. The Kier molecular flexibility index (Phi) is 6.85. The van der Waals surface area contributed by atoms with E-state index in [1.165, 1.54) is 0 Å². The van der Waals surface area contributed by atoms with Gasteiger partial charge in [-0.25, -0.2) is 18.3 Å². The monoisotopic (exact) mass is 306 g/mol. The van der Waals surface area contributed by atoms with E-state index in [0.29, 0.717) is 24.2 Å². The van der Waals surface area contributed by atoms with Crippen LogP contribution in [0.15, 0.2) is 37.4 Å². The van der Waals surface area contributed by atoms with E-state index in [1.807, 2.05) is 0 Å². The van der Waals surface area contributed by atoms with Gasteiger partial charge >= 0.3 is 0 Å². The van der Waals surface area contributed by atoms with Crippen molar-refractivity contribution in [3.05, 3.63) is 37.4 Å². The predicted molar refractivity (Wildman–Crippen MR) is 90.8 cm³/mol. The summed E-state index contributed by atoms with van der Waals surface area (Å²) in [7, 11) is 0. The Labute approximate surface area is 136 Å². The Hall–Kier alpha value is -1.58. The normalized spacial score (nSPS) is 11.5. The molecule has 0 atom stereocenters. The topological polar surface area (TPSA) is 17.6 Å². The maximum absolute atomic E-state index is 2.21. The second kappa shape index (κ2) is 8.16. The first-order valence-electron chi connectivity index (χ1n) is 8.38. The molecule has 0 aromatic carbocycles. The largest absolute Gasteiger partial charge is 0.244 e. The Morgan fingerprint density at radius 3 is 1.05 bits per heavy atom. The molecule has 0 unspecified atom stereocenters. The summed E-state index contributed by atoms with van der Waals surface area (Å²) in [6, 6.07) is 2.26. The predicted octanol–water partition coefficient (Wildman–Crippen LogP) is 3.87. The highest BCUT2D eigenvalue weighted by Gasteiger charge is 2.09. The third kappa shape index (κ3) is 5.32. The lowest BCUT2D eigenvalue weighted by Gasteiger charge is -1.99. The van der Waals surface area contributed by atoms with Crippen LogP contribution in [-0.4, -0.2) is 9.13 Å². The summed E-state index contributed by atoms with van der Waals surface area (Å²) in [5.74, 6) is 0. The fraction of sp³-hybridized carbons (Fsp3) is 0.667. The minimum Gasteiger partial charge on any atom is -0.235 e. The number of aromatic nitrogens is 4. The van der Waals surface area contributed by atoms with E-state index in [4.69, 9.17) is 0 Å². The molecule has 0 aliphatic carbocycles. The molecule has 0 aliphatic heterocycles. The highest BCUT2D eigenvalue weighted by atomic mass is 15.1. The quantitative estimate of drug-likeness (QED) is 0.763. The molecule has 2 rings (SSSR count). The van der Waals surface area contributed by atoms with Gasteiger partial charge in [0.15, 0.2) is 0 Å². The lowest BCUT2D eigenvalue weighted by atomic mass is 10.4. The van der Waals surface area contributed by atoms with Gasteiger partial charge in [-0.15, -0.1) is 0 Å². The van der Waals surface area contributed by atoms with E-state index in [0.717, 1.165) is 0 Å². The number of nitrogens with zero attached hydrogens (tertiary/aromatic N) is 4. The van der Waals surface area contributed by atoms with E-state index in [-0.39, 0.29) is 0 Å². The van der Waals surface area contributed by atoms with Gasteiger partial charge in [0.25, 0.3) is 0 Å². The van der Waals surface area contributed by atoms with Crippen LogP contribution in [0.4, 0.5) is 0 Å². The van der Waals surface area contributed by atoms with Crippen molar-refractivity contribution < 1.29 is 9.13 Å². The molecule has 0 radical (unpaired) electrons. The highest BCUT2D eigenvalue weighted by Crippen LogP contribution is 2.02. The van der Waals surface area contributed by atoms with Crippen LogP contribution in [0.2, 0.25) is 0 Å². The third-order valence-corrected chi connectivity index (χ3v) is 3.74. The second-order valence-corrected chi connectivity index (χ2v) is 6.99. The zero-order chi connectivity index (χ0) is 16.9. The summed E-state index contributed by atoms with van der Waals surface area (Å²) in [6.45, 7) is 17.5. The van der Waals surface area contributed by atoms with Crippen LogP contribution < -0.4 is 9.13 Å². The van der Waals surface area contributed by atoms with Crippen LogP contribution in [-0.2, 0) is 0 Å². The van der Waals surface area contributed by atoms with E-state index in [1.54, 1.807) is 0 Å². The van der Waals surface area contributed by atoms with Crippen molar-refractivity contribution >= 4 is 0 Å². The van der Waals surface area contributed by atoms with E-state index >= 15 is 0 Å². The summed E-state index contributed by atoms with van der Waals surface area (Å²) in [5, 5.41) is 0. The summed E-state index contributed by atoms with van der Waals surface area (Å²) >= 11 is 0. The molecule has 2 aromatic rings. The van der Waals surface area contributed by atoms with Gasteiger partial charge in [-0.1, -0.05) is 0 Å². The number of imidazole rings is 2. The first-order valence-corrected chi connectivity index (χ1v) is 8.38. The van der Waals surface area contributed by atoms with Crippen molar-refractivity contribution in [2.75, 3.05) is 0 Å². The van der Waals surface area contributed by atoms with Gasteiger partial charge in [-0.05, 0) is 55.4 Å². The first-order chi connectivity index (χ1) is 10.2. The number of hydrogen-bond acceptors (Lipinski definition) is 0. The molecule has 22 heavy (non-hydrogen) atoms. The number of rotatable bonds is 4. The fourth-order valence-corrected chi connectivity index (χ4v) is 1.99. The molecule has 0 aliphatic rings. The van der Waals surface area contributed by atoms with Crippen LogP contribution in [0.25, 0.3) is 0 Å². The van der Waals surface area contributed by atoms with Crippen molar-refractivity contribution in [2.45, 2.75) is 79.6 Å². The van der Waals surface area contributed by atoms with Crippen LogP contribution in [0.5, 0.6) is 0 Å². The minimum atomic E-state index is 0.565. The third-order valence-electron chi connectivity index (χ3n) is 3.74. The van der Waals surface area contributed by atoms with Crippen molar-refractivity contribution in [3.63, 3.8) is 0 Å². The SMILES string of the molecule is CC(C)n1cc[n+](C(C)C)c1.CC(C)n1cc[n+](C(C)C)c1. The van der Waals surface area contributed by atoms with Gasteiger partial charge in [0.05, 0.1) is 24.2 Å². The van der Waals surface area contributed by atoms with Gasteiger partial charge in [-0.3, -0.25) is 0 Å². The molecule has 2 aromatic heterocycles. The molecule has 0 spiro atoms. The van der Waals surface area contributed by atoms with Crippen molar-refractivity contribution in [1.82, 2.24) is 9.13 Å². The molecule has 2 heterocycles. The average molecular weight is 306 g/mol. The zero-order valence-electron chi connectivity index (χ0n) is 15.6. The lowest BCUT2D eigenvalue weighted by molar-refractivity contribution is -0.716. The van der Waals surface area contributed by atoms with Crippen molar-refractivity contribution in [1.29, 1.82) is 0 Å². The summed E-state index contributed by atoms with van der Waals surface area (Å²) in [5.41, 5.74) is 0. The van der Waals surface area contributed by atoms with Crippen molar-refractivity contribution in [2.24, 2.45) is 0 Å². The van der Waals surface area contributed by atoms with Gasteiger partial charge in [0, 0.05) is 0 Å². The van der Waals surface area contributed by atoms with Gasteiger partial charge < -0.3 is 0 Å². The molecule has 0 amide bonds. The Morgan fingerprint density at radius 1 is 0.591 bits per heavy atom. The summed E-state index contributed by atoms with van der Waals surface area (Å²) < 4.78 is 8.83. The second-order valence-electron chi connectivity index (χ2n) is 6.99. The van der Waals surface area contributed by atoms with E-state index < -0.39 is 0 Å². The molecule has 4 heteroatoms. The smallest absolute Gasteiger partial charge is 0.235 e. The Balaban J connectivity index is 0.000000220. The molecule has 0 bridgehead atoms. The van der Waals surface area contributed by atoms with E-state index in [9.17, 15) is 0 Å². The molecule has 124 valence electrons. The van der Waals surface area contributed by atoms with Gasteiger partial charge in [-0.2, -0.15) is 0 Å². The summed E-state index contributed by atoms with van der Waals surface area (Å²) in [6.07, 6.45) is 12.8. The van der Waals surface area contributed by atoms with Gasteiger partial charge in [0.2, 0.25) is 12.7 Å². The maximum Gasteiger partial charge on any atom is 0.244 e. The number of hydrogen-bond donors (Lipinski definition) is 0. The maximum atomic E-state index is 2.21. The zero-order valence-corrected chi connectivity index (χ0v) is 15.6. The van der Waals surface area contributed by atoms with Crippen LogP contribution in [0, 0.1) is 0 Å². The van der Waals surface area contributed by atoms with Gasteiger partial charge in [0.1, 0.15) is 24.8 Å². The fourth-order valence-electron chi connectivity index (χ4n) is 1.99. The molecule has 0 N–H and O–H groups in total. The first kappa shape index (κ1) is 18.5. The molecule has 0 saturated heterocycles. The lowest BCUT2D eigenvalue weighted by Crippen LogP contribution is -2.33. The molecule has 4 nitrogen and oxygen atoms in total. The molecular formula is C18H34N4+2. The van der Waals surface area contributed by atoms with Crippen LogP contribution >= 0.6 is 0 Å². The van der Waals surface area contributed by atoms with E-state index in [2.05, 4.69) is 111 Å². The minimum absolute atomic E-state index is 0.565. The molecule has 0 saturated carbocycles. The standard InChI is InChI=1S/2C9H17N2/c2*1-8(2)10-5-6-11(7-10)9(3)4/h2*5-9H,1-4H3/q2*+1.